The molecule has 2 fully saturated rings. The summed E-state index contributed by atoms with van der Waals surface area (Å²) in [6, 6.07) is 11.6. The zero-order chi connectivity index (χ0) is 20.5. The van der Waals surface area contributed by atoms with Crippen molar-refractivity contribution >= 4 is 35.8 Å². The summed E-state index contributed by atoms with van der Waals surface area (Å²) in [6.07, 6.45) is 8.46. The van der Waals surface area contributed by atoms with Gasteiger partial charge in [-0.15, -0.1) is 24.0 Å². The van der Waals surface area contributed by atoms with E-state index < -0.39 is 0 Å². The number of rotatable bonds is 6. The van der Waals surface area contributed by atoms with Crippen molar-refractivity contribution in [1.29, 1.82) is 0 Å². The molecule has 1 heterocycles. The second-order valence-electron chi connectivity index (χ2n) is 8.61. The Kier molecular flexibility index (Phi) is 10.9. The van der Waals surface area contributed by atoms with Gasteiger partial charge in [-0.05, 0) is 31.2 Å². The van der Waals surface area contributed by atoms with Crippen LogP contribution in [-0.4, -0.2) is 67.5 Å². The Bertz CT molecular complexity index is 653. The highest BCUT2D eigenvalue weighted by molar-refractivity contribution is 14.0. The van der Waals surface area contributed by atoms with E-state index in [0.717, 1.165) is 38.4 Å². The highest BCUT2D eigenvalue weighted by atomic mass is 127. The van der Waals surface area contributed by atoms with Crippen LogP contribution in [0.4, 0.5) is 0 Å². The number of hydrogen-bond donors (Lipinski definition) is 2. The topological polar surface area (TPSA) is 60.0 Å². The van der Waals surface area contributed by atoms with E-state index in [1.807, 2.05) is 0 Å². The van der Waals surface area contributed by atoms with Crippen LogP contribution < -0.4 is 10.6 Å². The van der Waals surface area contributed by atoms with Gasteiger partial charge in [-0.25, -0.2) is 4.99 Å². The molecule has 7 heteroatoms. The Hall–Kier alpha value is -1.35. The molecule has 3 rings (SSSR count). The Balaban J connectivity index is 0.00000320. The molecule has 1 aliphatic heterocycles. The largest absolute Gasteiger partial charge is 0.354 e. The van der Waals surface area contributed by atoms with E-state index in [1.54, 1.807) is 19.0 Å². The predicted octanol–water partition coefficient (Wildman–Crippen LogP) is 3.23. The van der Waals surface area contributed by atoms with Crippen molar-refractivity contribution in [3.05, 3.63) is 35.9 Å². The maximum absolute atomic E-state index is 12.0. The first-order valence-electron chi connectivity index (χ1n) is 11.1. The van der Waals surface area contributed by atoms with Crippen LogP contribution in [0.3, 0.4) is 0 Å². The van der Waals surface area contributed by atoms with Crippen LogP contribution in [0.25, 0.3) is 0 Å². The minimum absolute atomic E-state index is 0. The van der Waals surface area contributed by atoms with Crippen molar-refractivity contribution in [3.8, 4) is 0 Å². The number of likely N-dealkylation sites (tertiary alicyclic amines) is 1. The number of halogens is 1. The molecule has 1 amide bonds. The third-order valence-electron chi connectivity index (χ3n) is 5.99. The van der Waals surface area contributed by atoms with Gasteiger partial charge in [-0.2, -0.15) is 0 Å². The second-order valence-corrected chi connectivity index (χ2v) is 8.61. The lowest BCUT2D eigenvalue weighted by molar-refractivity contribution is -0.127. The Labute approximate surface area is 198 Å². The molecule has 1 saturated heterocycles. The van der Waals surface area contributed by atoms with Gasteiger partial charge in [0.15, 0.2) is 5.96 Å². The SMILES string of the molecule is CN(C)C(=O)CN=C(NC1CCCCC1)NC1CCN(Cc2ccccc2)CC1.I. The standard InChI is InChI=1S/C23H37N5O.HI/c1-27(2)22(29)17-24-23(25-20-11-7-4-8-12-20)26-21-13-15-28(16-14-21)18-19-9-5-3-6-10-19;/h3,5-6,9-10,20-21H,4,7-8,11-18H2,1-2H3,(H2,24,25,26);1H. The Morgan fingerprint density at radius 1 is 1.00 bits per heavy atom. The van der Waals surface area contributed by atoms with E-state index >= 15 is 0 Å². The molecule has 0 atom stereocenters. The molecule has 1 saturated carbocycles. The molecule has 0 unspecified atom stereocenters. The van der Waals surface area contributed by atoms with Gasteiger partial charge in [0, 0.05) is 45.8 Å². The van der Waals surface area contributed by atoms with Crippen LogP contribution in [-0.2, 0) is 11.3 Å². The summed E-state index contributed by atoms with van der Waals surface area (Å²) >= 11 is 0. The molecule has 0 spiro atoms. The summed E-state index contributed by atoms with van der Waals surface area (Å²) in [7, 11) is 3.56. The number of benzene rings is 1. The zero-order valence-electron chi connectivity index (χ0n) is 18.5. The average molecular weight is 527 g/mol. The molecule has 2 aliphatic rings. The van der Waals surface area contributed by atoms with Gasteiger partial charge in [0.1, 0.15) is 6.54 Å². The van der Waals surface area contributed by atoms with E-state index in [0.29, 0.717) is 12.1 Å². The lowest BCUT2D eigenvalue weighted by atomic mass is 9.95. The third kappa shape index (κ3) is 8.41. The number of nitrogens with one attached hydrogen (secondary N) is 2. The monoisotopic (exact) mass is 527 g/mol. The van der Waals surface area contributed by atoms with Crippen molar-refractivity contribution < 1.29 is 4.79 Å². The van der Waals surface area contributed by atoms with Gasteiger partial charge in [0.2, 0.25) is 5.91 Å². The van der Waals surface area contributed by atoms with Gasteiger partial charge in [-0.1, -0.05) is 49.6 Å². The summed E-state index contributed by atoms with van der Waals surface area (Å²) in [5.41, 5.74) is 1.38. The van der Waals surface area contributed by atoms with Crippen molar-refractivity contribution in [1.82, 2.24) is 20.4 Å². The summed E-state index contributed by atoms with van der Waals surface area (Å²) in [4.78, 5) is 20.7. The molecular weight excluding hydrogens is 489 g/mol. The number of nitrogens with zero attached hydrogens (tertiary/aromatic N) is 3. The van der Waals surface area contributed by atoms with Crippen LogP contribution in [0, 0.1) is 0 Å². The highest BCUT2D eigenvalue weighted by Gasteiger charge is 2.22. The van der Waals surface area contributed by atoms with Crippen LogP contribution >= 0.6 is 24.0 Å². The van der Waals surface area contributed by atoms with E-state index in [4.69, 9.17) is 0 Å². The maximum Gasteiger partial charge on any atom is 0.243 e. The maximum atomic E-state index is 12.0. The van der Waals surface area contributed by atoms with Crippen LogP contribution in [0.15, 0.2) is 35.3 Å². The van der Waals surface area contributed by atoms with Crippen LogP contribution in [0.5, 0.6) is 0 Å². The second kappa shape index (κ2) is 13.1. The van der Waals surface area contributed by atoms with E-state index in [2.05, 4.69) is 50.9 Å². The number of piperidine rings is 1. The molecule has 0 bridgehead atoms. The molecule has 1 aliphatic carbocycles. The Morgan fingerprint density at radius 2 is 1.60 bits per heavy atom. The van der Waals surface area contributed by atoms with Gasteiger partial charge in [0.05, 0.1) is 0 Å². The zero-order valence-corrected chi connectivity index (χ0v) is 20.8. The highest BCUT2D eigenvalue weighted by Crippen LogP contribution is 2.18. The molecule has 168 valence electrons. The number of aliphatic imine (C=N–C) groups is 1. The van der Waals surface area contributed by atoms with Crippen molar-refractivity contribution in [2.75, 3.05) is 33.7 Å². The minimum Gasteiger partial charge on any atom is -0.354 e. The van der Waals surface area contributed by atoms with Crippen molar-refractivity contribution in [2.24, 2.45) is 4.99 Å². The molecule has 1 aromatic carbocycles. The van der Waals surface area contributed by atoms with Gasteiger partial charge in [0.25, 0.3) is 0 Å². The van der Waals surface area contributed by atoms with Crippen LogP contribution in [0.2, 0.25) is 0 Å². The number of likely N-dealkylation sites (N-methyl/N-ethyl adjacent to an activating group) is 1. The lowest BCUT2D eigenvalue weighted by Crippen LogP contribution is -2.51. The van der Waals surface area contributed by atoms with E-state index in [9.17, 15) is 4.79 Å². The predicted molar refractivity (Wildman–Crippen MR) is 134 cm³/mol. The quantitative estimate of drug-likeness (QED) is 0.339. The first-order chi connectivity index (χ1) is 14.1. The average Bonchev–Trinajstić information content (AvgIpc) is 2.74. The first-order valence-corrected chi connectivity index (χ1v) is 11.1. The Morgan fingerprint density at radius 3 is 2.20 bits per heavy atom. The summed E-state index contributed by atoms with van der Waals surface area (Å²) < 4.78 is 0. The number of hydrogen-bond acceptors (Lipinski definition) is 3. The summed E-state index contributed by atoms with van der Waals surface area (Å²) in [5.74, 6) is 0.848. The molecular formula is C23H38IN5O. The van der Waals surface area contributed by atoms with Gasteiger partial charge >= 0.3 is 0 Å². The molecule has 0 aromatic heterocycles. The molecule has 6 nitrogen and oxygen atoms in total. The number of carbonyl (C=O) groups is 1. The van der Waals surface area contributed by atoms with E-state index in [-0.39, 0.29) is 36.4 Å². The van der Waals surface area contributed by atoms with Crippen LogP contribution in [0.1, 0.15) is 50.5 Å². The number of guanidine groups is 1. The first kappa shape index (κ1) is 24.9. The number of carbonyl (C=O) groups excluding carboxylic acids is 1. The normalized spacial score (nSPS) is 19.1. The third-order valence-corrected chi connectivity index (χ3v) is 5.99. The molecule has 2 N–H and O–H groups in total. The smallest absolute Gasteiger partial charge is 0.243 e. The fourth-order valence-corrected chi connectivity index (χ4v) is 4.13. The fourth-order valence-electron chi connectivity index (χ4n) is 4.13. The van der Waals surface area contributed by atoms with Crippen molar-refractivity contribution in [3.63, 3.8) is 0 Å². The summed E-state index contributed by atoms with van der Waals surface area (Å²) in [5, 5.41) is 7.23. The summed E-state index contributed by atoms with van der Waals surface area (Å²) in [6.45, 7) is 3.38. The lowest BCUT2D eigenvalue weighted by Gasteiger charge is -2.34. The fraction of sp³-hybridized carbons (Fsp3) is 0.652. The van der Waals surface area contributed by atoms with Crippen molar-refractivity contribution in [2.45, 2.75) is 63.6 Å². The van der Waals surface area contributed by atoms with Gasteiger partial charge < -0.3 is 15.5 Å². The van der Waals surface area contributed by atoms with Gasteiger partial charge in [-0.3, -0.25) is 9.69 Å². The molecule has 0 radical (unpaired) electrons. The molecule has 1 aromatic rings. The molecule has 30 heavy (non-hydrogen) atoms. The number of amides is 1. The van der Waals surface area contributed by atoms with E-state index in [1.165, 1.54) is 37.7 Å². The minimum atomic E-state index is 0.